The molecule has 1 atom stereocenters. The first-order chi connectivity index (χ1) is 6.86. The van der Waals surface area contributed by atoms with Crippen molar-refractivity contribution < 1.29 is 4.39 Å². The normalized spacial score (nSPS) is 22.2. The summed E-state index contributed by atoms with van der Waals surface area (Å²) in [6.07, 6.45) is 4.53. The first-order valence-electron chi connectivity index (χ1n) is 5.33. The van der Waals surface area contributed by atoms with E-state index in [9.17, 15) is 4.39 Å². The van der Waals surface area contributed by atoms with Crippen LogP contribution in [-0.2, 0) is 6.42 Å². The van der Waals surface area contributed by atoms with Gasteiger partial charge in [-0.3, -0.25) is 0 Å². The molecule has 0 unspecified atom stereocenters. The van der Waals surface area contributed by atoms with Crippen molar-refractivity contribution in [3.63, 3.8) is 0 Å². The Balaban J connectivity index is 1.99. The Labute approximate surface area is 84.3 Å². The van der Waals surface area contributed by atoms with E-state index in [-0.39, 0.29) is 5.82 Å². The zero-order chi connectivity index (χ0) is 9.80. The van der Waals surface area contributed by atoms with Crippen molar-refractivity contribution in [2.24, 2.45) is 0 Å². The Hall–Kier alpha value is -0.890. The summed E-state index contributed by atoms with van der Waals surface area (Å²) in [5, 5.41) is 3.43. The zero-order valence-electron chi connectivity index (χ0n) is 8.30. The third kappa shape index (κ3) is 2.32. The van der Waals surface area contributed by atoms with E-state index in [4.69, 9.17) is 0 Å². The van der Waals surface area contributed by atoms with Gasteiger partial charge in [0.2, 0.25) is 0 Å². The van der Waals surface area contributed by atoms with Crippen LogP contribution in [0.25, 0.3) is 0 Å². The monoisotopic (exact) mass is 193 g/mol. The van der Waals surface area contributed by atoms with Crippen LogP contribution >= 0.6 is 0 Å². The van der Waals surface area contributed by atoms with Crippen LogP contribution in [0.1, 0.15) is 24.8 Å². The van der Waals surface area contributed by atoms with Crippen LogP contribution in [0.4, 0.5) is 4.39 Å². The lowest BCUT2D eigenvalue weighted by Gasteiger charge is -2.23. The first kappa shape index (κ1) is 9.66. The molecule has 0 radical (unpaired) electrons. The predicted molar refractivity (Wildman–Crippen MR) is 55.7 cm³/mol. The summed E-state index contributed by atoms with van der Waals surface area (Å²) in [5.74, 6) is -0.0696. The number of hydrogen-bond acceptors (Lipinski definition) is 1. The lowest BCUT2D eigenvalue weighted by molar-refractivity contribution is 0.395. The first-order valence-corrected chi connectivity index (χ1v) is 5.33. The van der Waals surface area contributed by atoms with E-state index in [0.29, 0.717) is 6.04 Å². The number of rotatable bonds is 2. The minimum absolute atomic E-state index is 0.0696. The fourth-order valence-electron chi connectivity index (χ4n) is 2.03. The van der Waals surface area contributed by atoms with Crippen LogP contribution in [0, 0.1) is 5.82 Å². The van der Waals surface area contributed by atoms with E-state index in [1.807, 2.05) is 12.1 Å². The summed E-state index contributed by atoms with van der Waals surface area (Å²) in [6.45, 7) is 1.08. The highest BCUT2D eigenvalue weighted by Gasteiger charge is 2.14. The number of benzene rings is 1. The fourth-order valence-corrected chi connectivity index (χ4v) is 2.03. The summed E-state index contributed by atoms with van der Waals surface area (Å²) >= 11 is 0. The molecular weight excluding hydrogens is 177 g/mol. The van der Waals surface area contributed by atoms with Gasteiger partial charge in [0.05, 0.1) is 0 Å². The highest BCUT2D eigenvalue weighted by atomic mass is 19.1. The van der Waals surface area contributed by atoms with Gasteiger partial charge >= 0.3 is 0 Å². The van der Waals surface area contributed by atoms with Crippen LogP contribution in [0.15, 0.2) is 24.3 Å². The number of piperidine rings is 1. The smallest absolute Gasteiger partial charge is 0.126 e. The molecule has 76 valence electrons. The molecule has 1 aromatic carbocycles. The van der Waals surface area contributed by atoms with Crippen LogP contribution in [-0.4, -0.2) is 12.6 Å². The van der Waals surface area contributed by atoms with Crippen molar-refractivity contribution in [2.75, 3.05) is 6.54 Å². The van der Waals surface area contributed by atoms with Gasteiger partial charge in [-0.05, 0) is 37.4 Å². The second-order valence-electron chi connectivity index (χ2n) is 3.94. The molecule has 0 aliphatic carbocycles. The maximum absolute atomic E-state index is 13.3. The predicted octanol–water partition coefficient (Wildman–Crippen LogP) is 2.51. The van der Waals surface area contributed by atoms with Gasteiger partial charge in [-0.2, -0.15) is 0 Å². The molecule has 1 aliphatic heterocycles. The van der Waals surface area contributed by atoms with Gasteiger partial charge < -0.3 is 5.32 Å². The van der Waals surface area contributed by atoms with E-state index in [1.165, 1.54) is 25.3 Å². The third-order valence-corrected chi connectivity index (χ3v) is 2.84. The minimum atomic E-state index is -0.0696. The van der Waals surface area contributed by atoms with Crippen molar-refractivity contribution in [2.45, 2.75) is 31.7 Å². The number of halogens is 1. The Morgan fingerprint density at radius 3 is 2.86 bits per heavy atom. The van der Waals surface area contributed by atoms with Crippen LogP contribution in [0.3, 0.4) is 0 Å². The maximum Gasteiger partial charge on any atom is 0.126 e. The quantitative estimate of drug-likeness (QED) is 0.761. The van der Waals surface area contributed by atoms with Gasteiger partial charge in [-0.25, -0.2) is 4.39 Å². The van der Waals surface area contributed by atoms with Gasteiger partial charge in [0, 0.05) is 6.04 Å². The van der Waals surface area contributed by atoms with Crippen LogP contribution < -0.4 is 5.32 Å². The molecule has 0 amide bonds. The number of nitrogens with one attached hydrogen (secondary N) is 1. The van der Waals surface area contributed by atoms with Gasteiger partial charge in [-0.15, -0.1) is 0 Å². The zero-order valence-corrected chi connectivity index (χ0v) is 8.30. The average molecular weight is 193 g/mol. The van der Waals surface area contributed by atoms with Gasteiger partial charge in [0.25, 0.3) is 0 Å². The molecule has 2 heteroatoms. The summed E-state index contributed by atoms with van der Waals surface area (Å²) in [5.41, 5.74) is 0.840. The lowest BCUT2D eigenvalue weighted by Crippen LogP contribution is -2.35. The van der Waals surface area contributed by atoms with E-state index in [1.54, 1.807) is 6.07 Å². The number of hydrogen-bond donors (Lipinski definition) is 1. The van der Waals surface area contributed by atoms with E-state index in [2.05, 4.69) is 5.32 Å². The minimum Gasteiger partial charge on any atom is -0.314 e. The van der Waals surface area contributed by atoms with Gasteiger partial charge in [-0.1, -0.05) is 24.6 Å². The van der Waals surface area contributed by atoms with E-state index in [0.717, 1.165) is 18.5 Å². The van der Waals surface area contributed by atoms with E-state index >= 15 is 0 Å². The summed E-state index contributed by atoms with van der Waals surface area (Å²) in [4.78, 5) is 0. The highest BCUT2D eigenvalue weighted by Crippen LogP contribution is 2.14. The van der Waals surface area contributed by atoms with Gasteiger partial charge in [0.15, 0.2) is 0 Å². The molecule has 2 rings (SSSR count). The molecule has 0 bridgehead atoms. The Bertz CT molecular complexity index is 292. The van der Waals surface area contributed by atoms with Crippen LogP contribution in [0.5, 0.6) is 0 Å². The Morgan fingerprint density at radius 1 is 1.29 bits per heavy atom. The second-order valence-corrected chi connectivity index (χ2v) is 3.94. The summed E-state index contributed by atoms with van der Waals surface area (Å²) in [6, 6.07) is 7.54. The lowest BCUT2D eigenvalue weighted by atomic mass is 9.97. The molecule has 1 aromatic rings. The molecule has 1 nitrogen and oxygen atoms in total. The molecule has 0 spiro atoms. The Kier molecular flexibility index (Phi) is 3.14. The summed E-state index contributed by atoms with van der Waals surface area (Å²) < 4.78 is 13.3. The fraction of sp³-hybridized carbons (Fsp3) is 0.500. The molecule has 1 fully saturated rings. The highest BCUT2D eigenvalue weighted by molar-refractivity contribution is 5.18. The molecule has 1 aliphatic rings. The van der Waals surface area contributed by atoms with Gasteiger partial charge in [0.1, 0.15) is 5.82 Å². The molecule has 1 heterocycles. The van der Waals surface area contributed by atoms with Crippen molar-refractivity contribution in [3.8, 4) is 0 Å². The largest absolute Gasteiger partial charge is 0.314 e. The summed E-state index contributed by atoms with van der Waals surface area (Å²) in [7, 11) is 0. The second kappa shape index (κ2) is 4.56. The third-order valence-electron chi connectivity index (χ3n) is 2.84. The molecule has 0 aromatic heterocycles. The van der Waals surface area contributed by atoms with Crippen molar-refractivity contribution in [1.82, 2.24) is 5.32 Å². The average Bonchev–Trinajstić information content (AvgIpc) is 2.23. The molecule has 14 heavy (non-hydrogen) atoms. The SMILES string of the molecule is Fc1ccccc1C[C@@H]1CCCCN1. The molecule has 0 saturated carbocycles. The van der Waals surface area contributed by atoms with Crippen LogP contribution in [0.2, 0.25) is 0 Å². The van der Waals surface area contributed by atoms with E-state index < -0.39 is 0 Å². The molecule has 1 N–H and O–H groups in total. The molecule has 1 saturated heterocycles. The topological polar surface area (TPSA) is 12.0 Å². The van der Waals surface area contributed by atoms with Crippen molar-refractivity contribution >= 4 is 0 Å². The molecular formula is C12H16FN. The van der Waals surface area contributed by atoms with Crippen molar-refractivity contribution in [1.29, 1.82) is 0 Å². The maximum atomic E-state index is 13.3. The standard InChI is InChI=1S/C12H16FN/c13-12-7-2-1-5-10(12)9-11-6-3-4-8-14-11/h1-2,5,7,11,14H,3-4,6,8-9H2/t11-/m0/s1. The van der Waals surface area contributed by atoms with Crippen molar-refractivity contribution in [3.05, 3.63) is 35.6 Å². The Morgan fingerprint density at radius 2 is 2.14 bits per heavy atom.